The van der Waals surface area contributed by atoms with Crippen LogP contribution in [0.4, 0.5) is 0 Å². The van der Waals surface area contributed by atoms with Gasteiger partial charge in [-0.15, -0.1) is 0 Å². The second kappa shape index (κ2) is 9.52. The van der Waals surface area contributed by atoms with Gasteiger partial charge >= 0.3 is 0 Å². The molecule has 0 radical (unpaired) electrons. The molecule has 0 aliphatic carbocycles. The largest absolute Gasteiger partial charge is 0.457 e. The van der Waals surface area contributed by atoms with Crippen LogP contribution in [0.3, 0.4) is 0 Å². The number of carbonyl (C=O) groups is 2. The highest BCUT2D eigenvalue weighted by Crippen LogP contribution is 2.33. The maximum Gasteiger partial charge on any atom is 0.223 e. The van der Waals surface area contributed by atoms with Gasteiger partial charge in [0.25, 0.3) is 0 Å². The van der Waals surface area contributed by atoms with Gasteiger partial charge in [0.2, 0.25) is 11.8 Å². The maximum absolute atomic E-state index is 12.9. The van der Waals surface area contributed by atoms with Crippen LogP contribution in [-0.4, -0.2) is 16.7 Å². The molecule has 5 heteroatoms. The third-order valence-electron chi connectivity index (χ3n) is 5.58. The average molecular weight is 427 g/mol. The van der Waals surface area contributed by atoms with Crippen molar-refractivity contribution >= 4 is 17.9 Å². The first-order valence-corrected chi connectivity index (χ1v) is 10.7. The summed E-state index contributed by atoms with van der Waals surface area (Å²) >= 11 is 0. The molecule has 1 N–H and O–H groups in total. The lowest BCUT2D eigenvalue weighted by Gasteiger charge is -2.32. The second-order valence-corrected chi connectivity index (χ2v) is 7.86. The molecule has 0 saturated heterocycles. The molecule has 32 heavy (non-hydrogen) atoms. The molecule has 2 amide bonds. The molecule has 4 rings (SSSR count). The lowest BCUT2D eigenvalue weighted by molar-refractivity contribution is -0.130. The molecular weight excluding hydrogens is 400 g/mol. The zero-order valence-electron chi connectivity index (χ0n) is 18.2. The molecule has 5 nitrogen and oxygen atoms in total. The van der Waals surface area contributed by atoms with Gasteiger partial charge < -0.3 is 15.0 Å². The van der Waals surface area contributed by atoms with Crippen molar-refractivity contribution in [2.75, 3.05) is 0 Å². The number of hydrogen-bond acceptors (Lipinski definition) is 3. The van der Waals surface area contributed by atoms with Crippen LogP contribution >= 0.6 is 0 Å². The van der Waals surface area contributed by atoms with Gasteiger partial charge in [-0.05, 0) is 54.0 Å². The predicted molar refractivity (Wildman–Crippen MR) is 125 cm³/mol. The minimum atomic E-state index is -0.317. The SMILES string of the molecule is CC(=O)N1C=Cc2ccccc2C1CC(=O)NC(C)c1ccc(Oc2ccccc2)cc1. The molecule has 3 aromatic carbocycles. The van der Waals surface area contributed by atoms with Gasteiger partial charge in [-0.2, -0.15) is 0 Å². The summed E-state index contributed by atoms with van der Waals surface area (Å²) in [4.78, 5) is 26.6. The molecule has 0 bridgehead atoms. The molecular formula is C27H26N2O3. The Bertz CT molecular complexity index is 1120. The fourth-order valence-corrected chi connectivity index (χ4v) is 3.92. The number of amides is 2. The van der Waals surface area contributed by atoms with Crippen molar-refractivity contribution < 1.29 is 14.3 Å². The van der Waals surface area contributed by atoms with Gasteiger partial charge in [0.1, 0.15) is 11.5 Å². The van der Waals surface area contributed by atoms with Gasteiger partial charge in [0, 0.05) is 13.1 Å². The number of ether oxygens (including phenoxy) is 1. The van der Waals surface area contributed by atoms with E-state index in [-0.39, 0.29) is 30.3 Å². The van der Waals surface area contributed by atoms with E-state index in [9.17, 15) is 9.59 Å². The van der Waals surface area contributed by atoms with Gasteiger partial charge in [0.15, 0.2) is 0 Å². The van der Waals surface area contributed by atoms with Crippen molar-refractivity contribution in [3.8, 4) is 11.5 Å². The number of carbonyl (C=O) groups excluding carboxylic acids is 2. The summed E-state index contributed by atoms with van der Waals surface area (Å²) in [5.74, 6) is 1.32. The first-order chi connectivity index (χ1) is 15.5. The smallest absolute Gasteiger partial charge is 0.223 e. The summed E-state index contributed by atoms with van der Waals surface area (Å²) < 4.78 is 5.83. The zero-order chi connectivity index (χ0) is 22.5. The number of para-hydroxylation sites is 1. The van der Waals surface area contributed by atoms with Crippen LogP contribution in [0.15, 0.2) is 85.1 Å². The molecule has 0 aromatic heterocycles. The molecule has 2 atom stereocenters. The van der Waals surface area contributed by atoms with Gasteiger partial charge in [-0.1, -0.05) is 54.6 Å². The van der Waals surface area contributed by atoms with Gasteiger partial charge in [-0.3, -0.25) is 9.59 Å². The van der Waals surface area contributed by atoms with Crippen LogP contribution in [0.1, 0.15) is 49.0 Å². The van der Waals surface area contributed by atoms with Crippen molar-refractivity contribution in [3.05, 3.63) is 102 Å². The van der Waals surface area contributed by atoms with Crippen LogP contribution in [0.25, 0.3) is 6.08 Å². The molecule has 0 fully saturated rings. The van der Waals surface area contributed by atoms with Crippen molar-refractivity contribution in [1.29, 1.82) is 0 Å². The Morgan fingerprint density at radius 2 is 1.59 bits per heavy atom. The highest BCUT2D eigenvalue weighted by molar-refractivity contribution is 5.82. The summed E-state index contributed by atoms with van der Waals surface area (Å²) in [6.07, 6.45) is 3.87. The summed E-state index contributed by atoms with van der Waals surface area (Å²) in [5.41, 5.74) is 2.99. The molecule has 1 aliphatic heterocycles. The van der Waals surface area contributed by atoms with Crippen LogP contribution in [-0.2, 0) is 9.59 Å². The van der Waals surface area contributed by atoms with Gasteiger partial charge in [0.05, 0.1) is 18.5 Å². The molecule has 162 valence electrons. The van der Waals surface area contributed by atoms with Crippen LogP contribution in [0.2, 0.25) is 0 Å². The fraction of sp³-hybridized carbons (Fsp3) is 0.185. The Hall–Kier alpha value is -3.86. The standard InChI is InChI=1S/C27H26N2O3/c1-19(21-12-14-24(15-13-21)32-23-9-4-3-5-10-23)28-27(31)18-26-25-11-7-6-8-22(25)16-17-29(26)20(2)30/h3-17,19,26H,18H2,1-2H3,(H,28,31). The number of fused-ring (bicyclic) bond motifs is 1. The van der Waals surface area contributed by atoms with E-state index in [1.54, 1.807) is 11.1 Å². The van der Waals surface area contributed by atoms with E-state index in [1.807, 2.05) is 91.9 Å². The van der Waals surface area contributed by atoms with Crippen molar-refractivity contribution in [1.82, 2.24) is 10.2 Å². The Morgan fingerprint density at radius 3 is 2.31 bits per heavy atom. The fourth-order valence-electron chi connectivity index (χ4n) is 3.92. The lowest BCUT2D eigenvalue weighted by atomic mass is 9.93. The third kappa shape index (κ3) is 4.89. The highest BCUT2D eigenvalue weighted by Gasteiger charge is 2.28. The quantitative estimate of drug-likeness (QED) is 0.556. The molecule has 0 spiro atoms. The minimum Gasteiger partial charge on any atom is -0.457 e. The van der Waals surface area contributed by atoms with E-state index < -0.39 is 0 Å². The van der Waals surface area contributed by atoms with Crippen LogP contribution in [0, 0.1) is 0 Å². The first-order valence-electron chi connectivity index (χ1n) is 10.7. The molecule has 1 heterocycles. The number of nitrogens with one attached hydrogen (secondary N) is 1. The molecule has 1 aliphatic rings. The van der Waals surface area contributed by atoms with E-state index in [0.717, 1.165) is 28.2 Å². The Labute approximate surface area is 188 Å². The number of rotatable bonds is 6. The Morgan fingerprint density at radius 1 is 0.938 bits per heavy atom. The number of benzene rings is 3. The summed E-state index contributed by atoms with van der Waals surface area (Å²) in [6.45, 7) is 3.47. The Balaban J connectivity index is 1.41. The molecule has 0 saturated carbocycles. The predicted octanol–water partition coefficient (Wildman–Crippen LogP) is 5.62. The normalized spacial score (nSPS) is 15.6. The van der Waals surface area contributed by atoms with Gasteiger partial charge in [-0.25, -0.2) is 0 Å². The topological polar surface area (TPSA) is 58.6 Å². The van der Waals surface area contributed by atoms with E-state index in [2.05, 4.69) is 5.32 Å². The molecule has 2 unspecified atom stereocenters. The zero-order valence-corrected chi connectivity index (χ0v) is 18.2. The average Bonchev–Trinajstić information content (AvgIpc) is 2.80. The monoisotopic (exact) mass is 426 g/mol. The van der Waals surface area contributed by atoms with Crippen molar-refractivity contribution in [2.24, 2.45) is 0 Å². The van der Waals surface area contributed by atoms with Crippen LogP contribution < -0.4 is 10.1 Å². The third-order valence-corrected chi connectivity index (χ3v) is 5.58. The maximum atomic E-state index is 12.9. The van der Waals surface area contributed by atoms with E-state index in [0.29, 0.717) is 0 Å². The van der Waals surface area contributed by atoms with E-state index >= 15 is 0 Å². The first kappa shape index (κ1) is 21.4. The Kier molecular flexibility index (Phi) is 6.36. The lowest BCUT2D eigenvalue weighted by Crippen LogP contribution is -2.36. The highest BCUT2D eigenvalue weighted by atomic mass is 16.5. The molecule has 3 aromatic rings. The van der Waals surface area contributed by atoms with E-state index in [1.165, 1.54) is 6.92 Å². The van der Waals surface area contributed by atoms with E-state index in [4.69, 9.17) is 4.74 Å². The number of nitrogens with zero attached hydrogens (tertiary/aromatic N) is 1. The summed E-state index contributed by atoms with van der Waals surface area (Å²) in [7, 11) is 0. The van der Waals surface area contributed by atoms with Crippen LogP contribution in [0.5, 0.6) is 11.5 Å². The number of hydrogen-bond donors (Lipinski definition) is 1. The minimum absolute atomic E-state index is 0.0874. The summed E-state index contributed by atoms with van der Waals surface area (Å²) in [5, 5.41) is 3.06. The van der Waals surface area contributed by atoms with Crippen molar-refractivity contribution in [3.63, 3.8) is 0 Å². The van der Waals surface area contributed by atoms with Crippen molar-refractivity contribution in [2.45, 2.75) is 32.4 Å². The summed E-state index contributed by atoms with van der Waals surface area (Å²) in [6, 6.07) is 24.7. The second-order valence-electron chi connectivity index (χ2n) is 7.86.